The smallest absolute Gasteiger partial charge is 0.336 e. The zero-order valence-electron chi connectivity index (χ0n) is 11.8. The van der Waals surface area contributed by atoms with Gasteiger partial charge in [0.15, 0.2) is 0 Å². The van der Waals surface area contributed by atoms with E-state index in [9.17, 15) is 9.59 Å². The van der Waals surface area contributed by atoms with Crippen molar-refractivity contribution in [3.63, 3.8) is 0 Å². The SMILES string of the molecule is CC(C)(C)Nc1ccc2c(CC(N)=O)cc(=O)oc2c1. The molecule has 0 fully saturated rings. The number of hydrogen-bond donors (Lipinski definition) is 2. The van der Waals surface area contributed by atoms with E-state index >= 15 is 0 Å². The summed E-state index contributed by atoms with van der Waals surface area (Å²) in [6.45, 7) is 6.12. The van der Waals surface area contributed by atoms with Crippen molar-refractivity contribution < 1.29 is 9.21 Å². The number of rotatable bonds is 3. The lowest BCUT2D eigenvalue weighted by atomic mass is 10.0. The van der Waals surface area contributed by atoms with Gasteiger partial charge in [-0.05, 0) is 38.5 Å². The largest absolute Gasteiger partial charge is 0.423 e. The molecular formula is C15H18N2O3. The number of carbonyl (C=O) groups excluding carboxylic acids is 1. The summed E-state index contributed by atoms with van der Waals surface area (Å²) in [4.78, 5) is 22.6. The molecule has 5 nitrogen and oxygen atoms in total. The monoisotopic (exact) mass is 274 g/mol. The lowest BCUT2D eigenvalue weighted by molar-refractivity contribution is -0.117. The van der Waals surface area contributed by atoms with E-state index < -0.39 is 11.5 Å². The molecule has 106 valence electrons. The third-order valence-corrected chi connectivity index (χ3v) is 2.71. The standard InChI is InChI=1S/C15H18N2O3/c1-15(2,3)17-10-4-5-11-9(6-13(16)18)7-14(19)20-12(11)8-10/h4-5,7-8,17H,6H2,1-3H3,(H2,16,18). The maximum Gasteiger partial charge on any atom is 0.336 e. The average Bonchev–Trinajstić information content (AvgIpc) is 2.24. The number of anilines is 1. The second-order valence-electron chi connectivity index (χ2n) is 5.82. The summed E-state index contributed by atoms with van der Waals surface area (Å²) >= 11 is 0. The predicted octanol–water partition coefficient (Wildman–Crippen LogP) is 2.03. The molecule has 5 heteroatoms. The van der Waals surface area contributed by atoms with Crippen LogP contribution in [0.15, 0.2) is 33.5 Å². The van der Waals surface area contributed by atoms with Crippen LogP contribution in [0.1, 0.15) is 26.3 Å². The minimum Gasteiger partial charge on any atom is -0.423 e. The van der Waals surface area contributed by atoms with Crippen LogP contribution in [-0.2, 0) is 11.2 Å². The van der Waals surface area contributed by atoms with Crippen LogP contribution >= 0.6 is 0 Å². The third kappa shape index (κ3) is 3.38. The molecule has 0 unspecified atom stereocenters. The molecule has 0 aliphatic heterocycles. The van der Waals surface area contributed by atoms with Gasteiger partial charge in [0, 0.05) is 28.7 Å². The van der Waals surface area contributed by atoms with Gasteiger partial charge in [-0.1, -0.05) is 0 Å². The fourth-order valence-corrected chi connectivity index (χ4v) is 2.07. The van der Waals surface area contributed by atoms with Gasteiger partial charge >= 0.3 is 5.63 Å². The van der Waals surface area contributed by atoms with Crippen molar-refractivity contribution in [2.45, 2.75) is 32.7 Å². The average molecular weight is 274 g/mol. The first-order chi connectivity index (χ1) is 9.24. The highest BCUT2D eigenvalue weighted by molar-refractivity contribution is 5.88. The fourth-order valence-electron chi connectivity index (χ4n) is 2.07. The molecule has 0 atom stereocenters. The van der Waals surface area contributed by atoms with Crippen LogP contribution in [0.5, 0.6) is 0 Å². The second-order valence-corrected chi connectivity index (χ2v) is 5.82. The fraction of sp³-hybridized carbons (Fsp3) is 0.333. The van der Waals surface area contributed by atoms with Crippen molar-refractivity contribution in [3.8, 4) is 0 Å². The van der Waals surface area contributed by atoms with Crippen LogP contribution in [0, 0.1) is 0 Å². The molecule has 0 aliphatic carbocycles. The normalized spacial score (nSPS) is 11.6. The highest BCUT2D eigenvalue weighted by atomic mass is 16.4. The number of primary amides is 1. The van der Waals surface area contributed by atoms with E-state index in [0.717, 1.165) is 11.1 Å². The molecule has 0 radical (unpaired) electrons. The zero-order valence-corrected chi connectivity index (χ0v) is 11.8. The van der Waals surface area contributed by atoms with Crippen LogP contribution in [0.25, 0.3) is 11.0 Å². The van der Waals surface area contributed by atoms with Crippen molar-refractivity contribution >= 4 is 22.6 Å². The quantitative estimate of drug-likeness (QED) is 0.839. The van der Waals surface area contributed by atoms with Gasteiger partial charge in [-0.25, -0.2) is 4.79 Å². The van der Waals surface area contributed by atoms with E-state index in [1.807, 2.05) is 32.9 Å². The second kappa shape index (κ2) is 5.00. The number of nitrogens with one attached hydrogen (secondary N) is 1. The first kappa shape index (κ1) is 14.1. The first-order valence-corrected chi connectivity index (χ1v) is 6.38. The summed E-state index contributed by atoms with van der Waals surface area (Å²) in [6.07, 6.45) is 0.0220. The van der Waals surface area contributed by atoms with Crippen LogP contribution in [-0.4, -0.2) is 11.4 Å². The van der Waals surface area contributed by atoms with E-state index in [0.29, 0.717) is 11.1 Å². The Balaban J connectivity index is 2.53. The van der Waals surface area contributed by atoms with Crippen LogP contribution < -0.4 is 16.7 Å². The summed E-state index contributed by atoms with van der Waals surface area (Å²) in [5.41, 5.74) is 6.50. The van der Waals surface area contributed by atoms with Gasteiger partial charge < -0.3 is 15.5 Å². The van der Waals surface area contributed by atoms with Crippen molar-refractivity contribution in [1.29, 1.82) is 0 Å². The molecule has 0 saturated heterocycles. The summed E-state index contributed by atoms with van der Waals surface area (Å²) in [5, 5.41) is 4.02. The minimum atomic E-state index is -0.485. The Morgan fingerprint density at radius 1 is 1.30 bits per heavy atom. The molecule has 2 rings (SSSR count). The summed E-state index contributed by atoms with van der Waals surface area (Å²) in [6, 6.07) is 6.78. The minimum absolute atomic E-state index is 0.0220. The maximum atomic E-state index is 11.5. The summed E-state index contributed by atoms with van der Waals surface area (Å²) in [5.74, 6) is -0.478. The Bertz CT molecular complexity index is 711. The zero-order chi connectivity index (χ0) is 14.9. The van der Waals surface area contributed by atoms with Crippen molar-refractivity contribution in [1.82, 2.24) is 0 Å². The number of nitrogens with two attached hydrogens (primary N) is 1. The molecule has 0 spiro atoms. The molecule has 1 aromatic carbocycles. The maximum absolute atomic E-state index is 11.5. The molecule has 2 aromatic rings. The van der Waals surface area contributed by atoms with E-state index in [1.54, 1.807) is 6.07 Å². The highest BCUT2D eigenvalue weighted by Gasteiger charge is 2.12. The molecule has 1 aromatic heterocycles. The van der Waals surface area contributed by atoms with E-state index in [4.69, 9.17) is 10.2 Å². The van der Waals surface area contributed by atoms with Crippen molar-refractivity contribution in [3.05, 3.63) is 40.2 Å². The Morgan fingerprint density at radius 3 is 2.60 bits per heavy atom. The molecular weight excluding hydrogens is 256 g/mol. The van der Waals surface area contributed by atoms with Crippen LogP contribution in [0.3, 0.4) is 0 Å². The van der Waals surface area contributed by atoms with Gasteiger partial charge in [0.05, 0.1) is 6.42 Å². The first-order valence-electron chi connectivity index (χ1n) is 6.38. The van der Waals surface area contributed by atoms with Gasteiger partial charge in [0.2, 0.25) is 5.91 Å². The van der Waals surface area contributed by atoms with Crippen LogP contribution in [0.2, 0.25) is 0 Å². The molecule has 3 N–H and O–H groups in total. The van der Waals surface area contributed by atoms with Crippen molar-refractivity contribution in [2.24, 2.45) is 5.73 Å². The Morgan fingerprint density at radius 2 is 2.00 bits per heavy atom. The molecule has 0 bridgehead atoms. The van der Waals surface area contributed by atoms with E-state index in [2.05, 4.69) is 5.32 Å². The van der Waals surface area contributed by atoms with Gasteiger partial charge in [-0.15, -0.1) is 0 Å². The molecule has 0 saturated carbocycles. The van der Waals surface area contributed by atoms with Gasteiger partial charge in [-0.3, -0.25) is 4.79 Å². The summed E-state index contributed by atoms with van der Waals surface area (Å²) in [7, 11) is 0. The summed E-state index contributed by atoms with van der Waals surface area (Å²) < 4.78 is 5.19. The van der Waals surface area contributed by atoms with Gasteiger partial charge in [-0.2, -0.15) is 0 Å². The van der Waals surface area contributed by atoms with Crippen molar-refractivity contribution in [2.75, 3.05) is 5.32 Å². The van der Waals surface area contributed by atoms with Crippen LogP contribution in [0.4, 0.5) is 5.69 Å². The highest BCUT2D eigenvalue weighted by Crippen LogP contribution is 2.23. The number of carbonyl (C=O) groups is 1. The number of amides is 1. The number of fused-ring (bicyclic) bond motifs is 1. The molecule has 1 amide bonds. The van der Waals surface area contributed by atoms with E-state index in [1.165, 1.54) is 6.07 Å². The topological polar surface area (TPSA) is 85.3 Å². The lowest BCUT2D eigenvalue weighted by Crippen LogP contribution is -2.25. The van der Waals surface area contributed by atoms with Gasteiger partial charge in [0.25, 0.3) is 0 Å². The molecule has 1 heterocycles. The molecule has 20 heavy (non-hydrogen) atoms. The lowest BCUT2D eigenvalue weighted by Gasteiger charge is -2.22. The van der Waals surface area contributed by atoms with Gasteiger partial charge in [0.1, 0.15) is 5.58 Å². The number of hydrogen-bond acceptors (Lipinski definition) is 4. The number of benzene rings is 1. The molecule has 0 aliphatic rings. The Hall–Kier alpha value is -2.30. The Labute approximate surface area is 116 Å². The predicted molar refractivity (Wildman–Crippen MR) is 78.8 cm³/mol. The Kier molecular flexibility index (Phi) is 3.53. The van der Waals surface area contributed by atoms with E-state index in [-0.39, 0.29) is 12.0 Å². The third-order valence-electron chi connectivity index (χ3n) is 2.71.